The molecule has 1 saturated heterocycles. The minimum Gasteiger partial charge on any atom is -0.457 e. The molecule has 1 aliphatic heterocycles. The zero-order valence-electron chi connectivity index (χ0n) is 22.1. The summed E-state index contributed by atoms with van der Waals surface area (Å²) >= 11 is 5.94. The standard InChI is InChI=1S/C30H30ClN3O5/c1-30(2,3)39-29(36)34-16-14-33(15-17-34)27(35)18-20-4-6-21(7-5-20)28-32-25-13-12-24(19-26(25)38-28)37-23-10-8-22(31)9-11-23/h4-13,19H,14-18H2,1-3H3. The zero-order chi connectivity index (χ0) is 27.6. The number of halogens is 1. The molecule has 8 nitrogen and oxygen atoms in total. The summed E-state index contributed by atoms with van der Waals surface area (Å²) in [6.07, 6.45) is -0.0548. The van der Waals surface area contributed by atoms with E-state index in [2.05, 4.69) is 4.98 Å². The number of aromatic nitrogens is 1. The van der Waals surface area contributed by atoms with Gasteiger partial charge in [-0.2, -0.15) is 0 Å². The van der Waals surface area contributed by atoms with Gasteiger partial charge in [0.2, 0.25) is 11.8 Å². The van der Waals surface area contributed by atoms with Crippen LogP contribution in [0.2, 0.25) is 5.02 Å². The van der Waals surface area contributed by atoms with E-state index in [-0.39, 0.29) is 18.4 Å². The number of piperazine rings is 1. The number of ether oxygens (including phenoxy) is 2. The summed E-state index contributed by atoms with van der Waals surface area (Å²) in [5.41, 5.74) is 2.50. The maximum atomic E-state index is 12.9. The molecule has 1 aliphatic rings. The van der Waals surface area contributed by atoms with E-state index < -0.39 is 5.60 Å². The van der Waals surface area contributed by atoms with Crippen LogP contribution in [0.5, 0.6) is 11.5 Å². The van der Waals surface area contributed by atoms with Crippen LogP contribution in [0.4, 0.5) is 4.79 Å². The molecule has 0 aliphatic carbocycles. The smallest absolute Gasteiger partial charge is 0.410 e. The average Bonchev–Trinajstić information content (AvgIpc) is 3.33. The quantitative estimate of drug-likeness (QED) is 0.281. The second-order valence-corrected chi connectivity index (χ2v) is 10.9. The van der Waals surface area contributed by atoms with Gasteiger partial charge in [-0.25, -0.2) is 9.78 Å². The maximum absolute atomic E-state index is 12.9. The van der Waals surface area contributed by atoms with E-state index in [0.29, 0.717) is 54.2 Å². The van der Waals surface area contributed by atoms with Crippen LogP contribution >= 0.6 is 11.6 Å². The Hall–Kier alpha value is -4.04. The van der Waals surface area contributed by atoms with Crippen molar-refractivity contribution in [1.82, 2.24) is 14.8 Å². The van der Waals surface area contributed by atoms with Crippen molar-refractivity contribution in [3.63, 3.8) is 0 Å². The Labute approximate surface area is 232 Å². The van der Waals surface area contributed by atoms with E-state index in [0.717, 1.165) is 16.6 Å². The average molecular weight is 548 g/mol. The van der Waals surface area contributed by atoms with Crippen LogP contribution in [-0.4, -0.2) is 58.6 Å². The summed E-state index contributed by atoms with van der Waals surface area (Å²) in [4.78, 5) is 33.2. The molecule has 0 saturated carbocycles. The van der Waals surface area contributed by atoms with Gasteiger partial charge in [-0.05, 0) is 74.9 Å². The van der Waals surface area contributed by atoms with E-state index in [4.69, 9.17) is 25.5 Å². The van der Waals surface area contributed by atoms with Crippen molar-refractivity contribution >= 4 is 34.7 Å². The molecule has 1 aromatic heterocycles. The second-order valence-electron chi connectivity index (χ2n) is 10.4. The van der Waals surface area contributed by atoms with Crippen molar-refractivity contribution in [2.75, 3.05) is 26.2 Å². The summed E-state index contributed by atoms with van der Waals surface area (Å²) in [5.74, 6) is 1.83. The molecule has 0 bridgehead atoms. The third-order valence-electron chi connectivity index (χ3n) is 6.25. The Morgan fingerprint density at radius 1 is 0.897 bits per heavy atom. The number of rotatable bonds is 5. The topological polar surface area (TPSA) is 85.1 Å². The normalized spacial score (nSPS) is 13.9. The Morgan fingerprint density at radius 2 is 1.54 bits per heavy atom. The van der Waals surface area contributed by atoms with E-state index >= 15 is 0 Å². The summed E-state index contributed by atoms with van der Waals surface area (Å²) in [5, 5.41) is 0.645. The third-order valence-corrected chi connectivity index (χ3v) is 6.50. The minimum atomic E-state index is -0.538. The van der Waals surface area contributed by atoms with Gasteiger partial charge in [-0.1, -0.05) is 23.7 Å². The van der Waals surface area contributed by atoms with E-state index in [1.807, 2.05) is 57.2 Å². The van der Waals surface area contributed by atoms with Gasteiger partial charge >= 0.3 is 6.09 Å². The molecule has 0 N–H and O–H groups in total. The molecule has 9 heteroatoms. The van der Waals surface area contributed by atoms with Crippen LogP contribution in [0.1, 0.15) is 26.3 Å². The number of carbonyl (C=O) groups is 2. The Kier molecular flexibility index (Phi) is 7.48. The van der Waals surface area contributed by atoms with Gasteiger partial charge < -0.3 is 23.7 Å². The lowest BCUT2D eigenvalue weighted by molar-refractivity contribution is -0.132. The first-order valence-corrected chi connectivity index (χ1v) is 13.2. The van der Waals surface area contributed by atoms with Crippen molar-refractivity contribution < 1.29 is 23.5 Å². The zero-order valence-corrected chi connectivity index (χ0v) is 22.9. The SMILES string of the molecule is CC(C)(C)OC(=O)N1CCN(C(=O)Cc2ccc(-c3nc4ccc(Oc5ccc(Cl)cc5)cc4o3)cc2)CC1. The second kappa shape index (κ2) is 11.0. The molecule has 2 heterocycles. The highest BCUT2D eigenvalue weighted by atomic mass is 35.5. The molecule has 0 spiro atoms. The predicted octanol–water partition coefficient (Wildman–Crippen LogP) is 6.56. The highest BCUT2D eigenvalue weighted by molar-refractivity contribution is 6.30. The number of benzene rings is 3. The Balaban J connectivity index is 1.18. The van der Waals surface area contributed by atoms with Gasteiger partial charge in [0, 0.05) is 42.8 Å². The van der Waals surface area contributed by atoms with Crippen LogP contribution in [0, 0.1) is 0 Å². The molecule has 2 amide bonds. The first kappa shape index (κ1) is 26.6. The van der Waals surface area contributed by atoms with Gasteiger partial charge in [-0.15, -0.1) is 0 Å². The highest BCUT2D eigenvalue weighted by Gasteiger charge is 2.27. The van der Waals surface area contributed by atoms with Gasteiger partial charge in [0.1, 0.15) is 22.6 Å². The van der Waals surface area contributed by atoms with E-state index in [1.165, 1.54) is 0 Å². The molecule has 4 aromatic rings. The molecule has 0 radical (unpaired) electrons. The molecule has 39 heavy (non-hydrogen) atoms. The van der Waals surface area contributed by atoms with Crippen molar-refractivity contribution in [2.24, 2.45) is 0 Å². The fourth-order valence-corrected chi connectivity index (χ4v) is 4.37. The van der Waals surface area contributed by atoms with Crippen LogP contribution in [-0.2, 0) is 16.0 Å². The molecule has 5 rings (SSSR count). The van der Waals surface area contributed by atoms with Crippen LogP contribution in [0.15, 0.2) is 71.1 Å². The molecular formula is C30H30ClN3O5. The van der Waals surface area contributed by atoms with Gasteiger partial charge in [0.15, 0.2) is 5.58 Å². The van der Waals surface area contributed by atoms with Gasteiger partial charge in [0.05, 0.1) is 6.42 Å². The van der Waals surface area contributed by atoms with Crippen LogP contribution in [0.3, 0.4) is 0 Å². The van der Waals surface area contributed by atoms with E-state index in [9.17, 15) is 9.59 Å². The Morgan fingerprint density at radius 3 is 2.21 bits per heavy atom. The number of carbonyl (C=O) groups excluding carboxylic acids is 2. The number of amides is 2. The van der Waals surface area contributed by atoms with Crippen molar-refractivity contribution in [3.05, 3.63) is 77.3 Å². The van der Waals surface area contributed by atoms with Gasteiger partial charge in [-0.3, -0.25) is 4.79 Å². The minimum absolute atomic E-state index is 0.0293. The largest absolute Gasteiger partial charge is 0.457 e. The number of hydrogen-bond donors (Lipinski definition) is 0. The lowest BCUT2D eigenvalue weighted by Crippen LogP contribution is -2.51. The molecule has 1 fully saturated rings. The summed E-state index contributed by atoms with van der Waals surface area (Å²) in [6.45, 7) is 7.43. The number of nitrogens with zero attached hydrogens (tertiary/aromatic N) is 3. The number of oxazole rings is 1. The van der Waals surface area contributed by atoms with E-state index in [1.54, 1.807) is 40.1 Å². The maximum Gasteiger partial charge on any atom is 0.410 e. The number of hydrogen-bond acceptors (Lipinski definition) is 6. The van der Waals surface area contributed by atoms with Crippen LogP contribution in [0.25, 0.3) is 22.6 Å². The van der Waals surface area contributed by atoms with Crippen LogP contribution < -0.4 is 4.74 Å². The first-order valence-electron chi connectivity index (χ1n) is 12.8. The first-order chi connectivity index (χ1) is 18.6. The molecule has 3 aromatic carbocycles. The highest BCUT2D eigenvalue weighted by Crippen LogP contribution is 2.30. The predicted molar refractivity (Wildman–Crippen MR) is 149 cm³/mol. The fraction of sp³-hybridized carbons (Fsp3) is 0.300. The molecular weight excluding hydrogens is 518 g/mol. The Bertz CT molecular complexity index is 1470. The lowest BCUT2D eigenvalue weighted by Gasteiger charge is -2.35. The van der Waals surface area contributed by atoms with Crippen molar-refractivity contribution in [2.45, 2.75) is 32.8 Å². The summed E-state index contributed by atoms with van der Waals surface area (Å²) in [6, 6.07) is 20.3. The fourth-order valence-electron chi connectivity index (χ4n) is 4.25. The lowest BCUT2D eigenvalue weighted by atomic mass is 10.1. The van der Waals surface area contributed by atoms with Crippen molar-refractivity contribution in [1.29, 1.82) is 0 Å². The molecule has 0 atom stereocenters. The van der Waals surface area contributed by atoms with Gasteiger partial charge in [0.25, 0.3) is 0 Å². The number of fused-ring (bicyclic) bond motifs is 1. The molecule has 0 unspecified atom stereocenters. The molecule has 202 valence electrons. The third kappa shape index (κ3) is 6.70. The summed E-state index contributed by atoms with van der Waals surface area (Å²) < 4.78 is 17.3. The van der Waals surface area contributed by atoms with Crippen molar-refractivity contribution in [3.8, 4) is 23.0 Å². The monoisotopic (exact) mass is 547 g/mol. The summed E-state index contributed by atoms with van der Waals surface area (Å²) in [7, 11) is 0.